The highest BCUT2D eigenvalue weighted by Crippen LogP contribution is 2.24. The number of cyclic esters (lactones) is 1. The van der Waals surface area contributed by atoms with Crippen LogP contribution in [0.3, 0.4) is 0 Å². The summed E-state index contributed by atoms with van der Waals surface area (Å²) >= 11 is 0. The van der Waals surface area contributed by atoms with Gasteiger partial charge in [-0.25, -0.2) is 14.2 Å². The zero-order valence-electron chi connectivity index (χ0n) is 15.0. The molecule has 2 aromatic heterocycles. The third-order valence-electron chi connectivity index (χ3n) is 4.30. The predicted octanol–water partition coefficient (Wildman–Crippen LogP) is 3.19. The fourth-order valence-corrected chi connectivity index (χ4v) is 2.84. The zero-order chi connectivity index (χ0) is 19.3. The summed E-state index contributed by atoms with van der Waals surface area (Å²) in [6.07, 6.45) is 2.16. The van der Waals surface area contributed by atoms with Crippen molar-refractivity contribution in [1.82, 2.24) is 20.0 Å². The van der Waals surface area contributed by atoms with Crippen molar-refractivity contribution in [2.24, 2.45) is 0 Å². The SMILES string of the molecule is O=C1OCCCN1CCNc1ccc(-c2nc(-c3ccccc3F)no2)cn1. The molecule has 3 heterocycles. The summed E-state index contributed by atoms with van der Waals surface area (Å²) in [4.78, 5) is 21.8. The van der Waals surface area contributed by atoms with E-state index >= 15 is 0 Å². The fraction of sp³-hybridized carbons (Fsp3) is 0.263. The van der Waals surface area contributed by atoms with E-state index in [1.165, 1.54) is 6.07 Å². The molecule has 28 heavy (non-hydrogen) atoms. The molecule has 0 atom stereocenters. The average molecular weight is 383 g/mol. The third kappa shape index (κ3) is 3.93. The molecular formula is C19H18FN5O3. The number of hydrogen-bond donors (Lipinski definition) is 1. The van der Waals surface area contributed by atoms with Crippen LogP contribution in [0.15, 0.2) is 47.1 Å². The Bertz CT molecular complexity index is 960. The summed E-state index contributed by atoms with van der Waals surface area (Å²) < 4.78 is 24.1. The van der Waals surface area contributed by atoms with Gasteiger partial charge in [-0.05, 0) is 30.7 Å². The Balaban J connectivity index is 1.37. The van der Waals surface area contributed by atoms with Crippen LogP contribution in [0.25, 0.3) is 22.8 Å². The van der Waals surface area contributed by atoms with Gasteiger partial charge in [-0.2, -0.15) is 4.98 Å². The normalized spacial score (nSPS) is 14.0. The molecule has 0 unspecified atom stereocenters. The van der Waals surface area contributed by atoms with Crippen molar-refractivity contribution in [3.8, 4) is 22.8 Å². The first-order chi connectivity index (χ1) is 13.7. The molecular weight excluding hydrogens is 365 g/mol. The monoisotopic (exact) mass is 383 g/mol. The molecule has 1 saturated heterocycles. The van der Waals surface area contributed by atoms with Gasteiger partial charge in [-0.3, -0.25) is 0 Å². The van der Waals surface area contributed by atoms with Gasteiger partial charge in [-0.15, -0.1) is 0 Å². The number of pyridine rings is 1. The van der Waals surface area contributed by atoms with Gasteiger partial charge in [0, 0.05) is 25.8 Å². The number of halogens is 1. The molecule has 1 aliphatic heterocycles. The smallest absolute Gasteiger partial charge is 0.409 e. The number of carbonyl (C=O) groups is 1. The number of ether oxygens (including phenoxy) is 1. The van der Waals surface area contributed by atoms with Crippen molar-refractivity contribution in [2.45, 2.75) is 6.42 Å². The minimum absolute atomic E-state index is 0.184. The summed E-state index contributed by atoms with van der Waals surface area (Å²) in [7, 11) is 0. The highest BCUT2D eigenvalue weighted by Gasteiger charge is 2.18. The highest BCUT2D eigenvalue weighted by molar-refractivity contribution is 5.68. The van der Waals surface area contributed by atoms with Crippen LogP contribution in [0.1, 0.15) is 6.42 Å². The Labute approximate surface area is 160 Å². The first-order valence-corrected chi connectivity index (χ1v) is 8.91. The molecule has 1 N–H and O–H groups in total. The van der Waals surface area contributed by atoms with E-state index in [1.54, 1.807) is 41.4 Å². The number of rotatable bonds is 6. The summed E-state index contributed by atoms with van der Waals surface area (Å²) in [5.41, 5.74) is 0.903. The van der Waals surface area contributed by atoms with Crippen LogP contribution in [-0.2, 0) is 4.74 Å². The molecule has 1 amide bonds. The summed E-state index contributed by atoms with van der Waals surface area (Å²) in [5, 5.41) is 6.99. The second-order valence-electron chi connectivity index (χ2n) is 6.22. The van der Waals surface area contributed by atoms with Gasteiger partial charge in [-0.1, -0.05) is 17.3 Å². The molecule has 0 radical (unpaired) electrons. The van der Waals surface area contributed by atoms with E-state index in [0.717, 1.165) is 6.42 Å². The Morgan fingerprint density at radius 1 is 1.21 bits per heavy atom. The van der Waals surface area contributed by atoms with Crippen LogP contribution in [0, 0.1) is 5.82 Å². The lowest BCUT2D eigenvalue weighted by atomic mass is 10.2. The first-order valence-electron chi connectivity index (χ1n) is 8.91. The number of nitrogens with one attached hydrogen (secondary N) is 1. The van der Waals surface area contributed by atoms with E-state index in [4.69, 9.17) is 9.26 Å². The number of hydrogen-bond acceptors (Lipinski definition) is 7. The molecule has 1 aromatic carbocycles. The quantitative estimate of drug-likeness (QED) is 0.699. The van der Waals surface area contributed by atoms with Crippen LogP contribution in [0.5, 0.6) is 0 Å². The lowest BCUT2D eigenvalue weighted by Gasteiger charge is -2.26. The van der Waals surface area contributed by atoms with E-state index in [9.17, 15) is 9.18 Å². The molecule has 1 aliphatic rings. The fourth-order valence-electron chi connectivity index (χ4n) is 2.84. The van der Waals surface area contributed by atoms with Crippen LogP contribution >= 0.6 is 0 Å². The molecule has 0 spiro atoms. The van der Waals surface area contributed by atoms with Crippen molar-refractivity contribution in [3.05, 3.63) is 48.4 Å². The number of nitrogens with zero attached hydrogens (tertiary/aromatic N) is 4. The van der Waals surface area contributed by atoms with Gasteiger partial charge >= 0.3 is 6.09 Å². The topological polar surface area (TPSA) is 93.4 Å². The molecule has 4 rings (SSSR count). The van der Waals surface area contributed by atoms with Gasteiger partial charge in [0.1, 0.15) is 11.6 Å². The maximum Gasteiger partial charge on any atom is 0.409 e. The summed E-state index contributed by atoms with van der Waals surface area (Å²) in [6.45, 7) is 2.28. The minimum atomic E-state index is -0.412. The van der Waals surface area contributed by atoms with Gasteiger partial charge in [0.2, 0.25) is 5.82 Å². The van der Waals surface area contributed by atoms with Gasteiger partial charge < -0.3 is 19.5 Å². The molecule has 3 aromatic rings. The van der Waals surface area contributed by atoms with Crippen molar-refractivity contribution in [3.63, 3.8) is 0 Å². The molecule has 1 fully saturated rings. The first kappa shape index (κ1) is 17.9. The van der Waals surface area contributed by atoms with Gasteiger partial charge in [0.25, 0.3) is 5.89 Å². The second-order valence-corrected chi connectivity index (χ2v) is 6.22. The Morgan fingerprint density at radius 3 is 2.89 bits per heavy atom. The standard InChI is InChI=1S/C19H18FN5O3/c20-15-5-2-1-4-14(15)17-23-18(28-24-17)13-6-7-16(22-12-13)21-8-10-25-9-3-11-27-19(25)26/h1-2,4-7,12H,3,8-11H2,(H,21,22). The van der Waals surface area contributed by atoms with Crippen LogP contribution in [-0.4, -0.2) is 52.4 Å². The number of benzene rings is 1. The van der Waals surface area contributed by atoms with Crippen LogP contribution in [0.4, 0.5) is 15.0 Å². The van der Waals surface area contributed by atoms with Crippen molar-refractivity contribution >= 4 is 11.9 Å². The molecule has 144 valence electrons. The van der Waals surface area contributed by atoms with Gasteiger partial charge in [0.05, 0.1) is 17.7 Å². The van der Waals surface area contributed by atoms with Crippen molar-refractivity contribution in [1.29, 1.82) is 0 Å². The number of amides is 1. The molecule has 0 saturated carbocycles. The highest BCUT2D eigenvalue weighted by atomic mass is 19.1. The Kier molecular flexibility index (Phi) is 5.14. The number of aromatic nitrogens is 3. The summed E-state index contributed by atoms with van der Waals surface area (Å²) in [5.74, 6) is 0.685. The molecule has 0 bridgehead atoms. The van der Waals surface area contributed by atoms with E-state index in [-0.39, 0.29) is 23.4 Å². The van der Waals surface area contributed by atoms with Gasteiger partial charge in [0.15, 0.2) is 0 Å². The third-order valence-corrected chi connectivity index (χ3v) is 4.30. The molecule has 8 nitrogen and oxygen atoms in total. The molecule has 9 heteroatoms. The van der Waals surface area contributed by atoms with Crippen molar-refractivity contribution < 1.29 is 18.4 Å². The summed E-state index contributed by atoms with van der Waals surface area (Å²) in [6, 6.07) is 9.80. The lowest BCUT2D eigenvalue weighted by Crippen LogP contribution is -2.40. The van der Waals surface area contributed by atoms with E-state index < -0.39 is 5.82 Å². The van der Waals surface area contributed by atoms with E-state index in [0.29, 0.717) is 37.6 Å². The maximum absolute atomic E-state index is 13.8. The van der Waals surface area contributed by atoms with Crippen LogP contribution in [0.2, 0.25) is 0 Å². The number of carbonyl (C=O) groups excluding carboxylic acids is 1. The van der Waals surface area contributed by atoms with E-state index in [1.807, 2.05) is 0 Å². The lowest BCUT2D eigenvalue weighted by molar-refractivity contribution is 0.0746. The number of anilines is 1. The largest absolute Gasteiger partial charge is 0.449 e. The van der Waals surface area contributed by atoms with Crippen LogP contribution < -0.4 is 5.32 Å². The predicted molar refractivity (Wildman–Crippen MR) is 99.0 cm³/mol. The average Bonchev–Trinajstić information content (AvgIpc) is 3.20. The molecule has 0 aliphatic carbocycles. The second kappa shape index (κ2) is 8.03. The minimum Gasteiger partial charge on any atom is -0.449 e. The van der Waals surface area contributed by atoms with Crippen molar-refractivity contribution in [2.75, 3.05) is 31.6 Å². The van der Waals surface area contributed by atoms with E-state index in [2.05, 4.69) is 20.4 Å². The zero-order valence-corrected chi connectivity index (χ0v) is 15.0. The Hall–Kier alpha value is -3.49. The maximum atomic E-state index is 13.8. The Morgan fingerprint density at radius 2 is 2.11 bits per heavy atom.